The van der Waals surface area contributed by atoms with Crippen molar-refractivity contribution in [2.24, 2.45) is 11.8 Å². The van der Waals surface area contributed by atoms with Crippen LogP contribution in [0.15, 0.2) is 5.38 Å². The lowest BCUT2D eigenvalue weighted by atomic mass is 10.0. The van der Waals surface area contributed by atoms with Crippen molar-refractivity contribution < 1.29 is 19.5 Å². The van der Waals surface area contributed by atoms with E-state index in [0.29, 0.717) is 30.1 Å². The third kappa shape index (κ3) is 3.17. The van der Waals surface area contributed by atoms with Crippen LogP contribution >= 0.6 is 11.3 Å². The molecular formula is C12H14N2O4S. The number of Topliss-reactive ketones (excluding diaryl/α,β-unsaturated/α-hetero) is 1. The molecule has 0 radical (unpaired) electrons. The van der Waals surface area contributed by atoms with Gasteiger partial charge in [0.2, 0.25) is 5.91 Å². The molecule has 1 aromatic heterocycles. The second kappa shape index (κ2) is 5.48. The first kappa shape index (κ1) is 13.7. The Balaban J connectivity index is 1.94. The number of anilines is 1. The first-order valence-electron chi connectivity index (χ1n) is 5.97. The van der Waals surface area contributed by atoms with Crippen molar-refractivity contribution in [2.45, 2.75) is 26.2 Å². The average Bonchev–Trinajstić information content (AvgIpc) is 2.96. The molecule has 0 aliphatic heterocycles. The molecule has 1 fully saturated rings. The van der Waals surface area contributed by atoms with E-state index >= 15 is 0 Å². The number of carboxylic acids is 1. The topological polar surface area (TPSA) is 96.4 Å². The molecule has 7 heteroatoms. The lowest BCUT2D eigenvalue weighted by Gasteiger charge is -2.08. The predicted molar refractivity (Wildman–Crippen MR) is 69.2 cm³/mol. The second-order valence-electron chi connectivity index (χ2n) is 4.63. The van der Waals surface area contributed by atoms with Crippen molar-refractivity contribution in [3.8, 4) is 0 Å². The van der Waals surface area contributed by atoms with Crippen LogP contribution in [0, 0.1) is 11.8 Å². The molecule has 0 aromatic carbocycles. The van der Waals surface area contributed by atoms with Crippen LogP contribution in [0.4, 0.5) is 5.13 Å². The molecule has 0 unspecified atom stereocenters. The average molecular weight is 282 g/mol. The SMILES string of the molecule is CC(=O)c1csc(NC(=O)[C@@H]2CC[C@H](C(=O)O)C2)n1. The Bertz CT molecular complexity index is 526. The molecule has 6 nitrogen and oxygen atoms in total. The molecular weight excluding hydrogens is 268 g/mol. The van der Waals surface area contributed by atoms with Crippen molar-refractivity contribution in [1.29, 1.82) is 0 Å². The predicted octanol–water partition coefficient (Wildman–Crippen LogP) is 1.79. The van der Waals surface area contributed by atoms with Crippen LogP contribution in [-0.4, -0.2) is 27.8 Å². The van der Waals surface area contributed by atoms with Gasteiger partial charge in [-0.05, 0) is 19.3 Å². The molecule has 1 amide bonds. The molecule has 2 rings (SSSR count). The highest BCUT2D eigenvalue weighted by Gasteiger charge is 2.34. The summed E-state index contributed by atoms with van der Waals surface area (Å²) in [5.41, 5.74) is 0.329. The first-order chi connectivity index (χ1) is 8.97. The number of carboxylic acid groups (broad SMARTS) is 1. The number of hydrogen-bond donors (Lipinski definition) is 2. The summed E-state index contributed by atoms with van der Waals surface area (Å²) in [6, 6.07) is 0. The van der Waals surface area contributed by atoms with Crippen LogP contribution in [0.2, 0.25) is 0 Å². The van der Waals surface area contributed by atoms with Crippen molar-refractivity contribution in [2.75, 3.05) is 5.32 Å². The summed E-state index contributed by atoms with van der Waals surface area (Å²) in [7, 11) is 0. The fourth-order valence-corrected chi connectivity index (χ4v) is 2.90. The van der Waals surface area contributed by atoms with Gasteiger partial charge in [0.15, 0.2) is 10.9 Å². The van der Waals surface area contributed by atoms with Gasteiger partial charge in [-0.2, -0.15) is 0 Å². The van der Waals surface area contributed by atoms with E-state index in [1.54, 1.807) is 5.38 Å². The van der Waals surface area contributed by atoms with Gasteiger partial charge < -0.3 is 10.4 Å². The van der Waals surface area contributed by atoms with E-state index < -0.39 is 11.9 Å². The maximum atomic E-state index is 11.9. The standard InChI is InChI=1S/C12H14N2O4S/c1-6(15)9-5-19-12(13-9)14-10(16)7-2-3-8(4-7)11(17)18/h5,7-8H,2-4H2,1H3,(H,17,18)(H,13,14,16)/t7-,8+/m1/s1. The zero-order chi connectivity index (χ0) is 14.0. The Hall–Kier alpha value is -1.76. The van der Waals surface area contributed by atoms with Gasteiger partial charge in [0.1, 0.15) is 5.69 Å². The van der Waals surface area contributed by atoms with Gasteiger partial charge in [-0.25, -0.2) is 4.98 Å². The highest BCUT2D eigenvalue weighted by Crippen LogP contribution is 2.32. The van der Waals surface area contributed by atoms with Crippen LogP contribution in [0.25, 0.3) is 0 Å². The summed E-state index contributed by atoms with van der Waals surface area (Å²) in [6.07, 6.45) is 1.48. The number of ketones is 1. The Labute approximate surface area is 113 Å². The Morgan fingerprint density at radius 3 is 2.58 bits per heavy atom. The summed E-state index contributed by atoms with van der Waals surface area (Å²) in [5.74, 6) is -1.93. The van der Waals surface area contributed by atoms with E-state index in [9.17, 15) is 14.4 Å². The van der Waals surface area contributed by atoms with Crippen molar-refractivity contribution in [3.63, 3.8) is 0 Å². The molecule has 2 N–H and O–H groups in total. The van der Waals surface area contributed by atoms with Gasteiger partial charge in [0.25, 0.3) is 0 Å². The first-order valence-corrected chi connectivity index (χ1v) is 6.85. The molecule has 102 valence electrons. The quantitative estimate of drug-likeness (QED) is 0.821. The molecule has 19 heavy (non-hydrogen) atoms. The number of aromatic nitrogens is 1. The van der Waals surface area contributed by atoms with E-state index in [0.717, 1.165) is 0 Å². The minimum atomic E-state index is -0.844. The van der Waals surface area contributed by atoms with E-state index in [2.05, 4.69) is 10.3 Å². The van der Waals surface area contributed by atoms with E-state index in [1.807, 2.05) is 0 Å². The molecule has 0 spiro atoms. The van der Waals surface area contributed by atoms with Crippen LogP contribution in [-0.2, 0) is 9.59 Å². The fourth-order valence-electron chi connectivity index (χ4n) is 2.14. The summed E-state index contributed by atoms with van der Waals surface area (Å²) >= 11 is 1.19. The molecule has 1 aliphatic rings. The van der Waals surface area contributed by atoms with Gasteiger partial charge in [-0.1, -0.05) is 0 Å². The number of nitrogens with one attached hydrogen (secondary N) is 1. The van der Waals surface area contributed by atoms with Gasteiger partial charge in [0.05, 0.1) is 5.92 Å². The Morgan fingerprint density at radius 1 is 1.37 bits per heavy atom. The Morgan fingerprint density at radius 2 is 2.05 bits per heavy atom. The molecule has 1 aromatic rings. The maximum absolute atomic E-state index is 11.9. The highest BCUT2D eigenvalue weighted by atomic mass is 32.1. The van der Waals surface area contributed by atoms with Crippen molar-refractivity contribution in [3.05, 3.63) is 11.1 Å². The zero-order valence-electron chi connectivity index (χ0n) is 10.4. The number of aliphatic carboxylic acids is 1. The summed E-state index contributed by atoms with van der Waals surface area (Å²) in [6.45, 7) is 1.41. The molecule has 1 heterocycles. The smallest absolute Gasteiger partial charge is 0.306 e. The number of amides is 1. The van der Waals surface area contributed by atoms with E-state index in [-0.39, 0.29) is 17.6 Å². The lowest BCUT2D eigenvalue weighted by molar-refractivity contribution is -0.141. The number of carbonyl (C=O) groups is 3. The van der Waals surface area contributed by atoms with Crippen molar-refractivity contribution >= 4 is 34.1 Å². The van der Waals surface area contributed by atoms with Gasteiger partial charge in [-0.15, -0.1) is 11.3 Å². The lowest BCUT2D eigenvalue weighted by Crippen LogP contribution is -2.21. The zero-order valence-corrected chi connectivity index (χ0v) is 11.2. The summed E-state index contributed by atoms with van der Waals surface area (Å²) < 4.78 is 0. The molecule has 1 saturated carbocycles. The highest BCUT2D eigenvalue weighted by molar-refractivity contribution is 7.14. The number of nitrogens with zero attached hydrogens (tertiary/aromatic N) is 1. The number of thiazole rings is 1. The summed E-state index contributed by atoms with van der Waals surface area (Å²) in [4.78, 5) is 37.8. The molecule has 0 saturated heterocycles. The van der Waals surface area contributed by atoms with Gasteiger partial charge in [-0.3, -0.25) is 14.4 Å². The largest absolute Gasteiger partial charge is 0.481 e. The van der Waals surface area contributed by atoms with Crippen molar-refractivity contribution in [1.82, 2.24) is 4.98 Å². The monoisotopic (exact) mass is 282 g/mol. The van der Waals surface area contributed by atoms with Gasteiger partial charge in [0, 0.05) is 18.2 Å². The fraction of sp³-hybridized carbons (Fsp3) is 0.500. The number of rotatable bonds is 4. The molecule has 2 atom stereocenters. The minimum absolute atomic E-state index is 0.149. The van der Waals surface area contributed by atoms with Crippen LogP contribution < -0.4 is 5.32 Å². The normalized spacial score (nSPS) is 22.2. The maximum Gasteiger partial charge on any atom is 0.306 e. The third-order valence-corrected chi connectivity index (χ3v) is 4.01. The third-order valence-electron chi connectivity index (χ3n) is 3.25. The van der Waals surface area contributed by atoms with E-state index in [1.165, 1.54) is 18.3 Å². The Kier molecular flexibility index (Phi) is 3.94. The number of hydrogen-bond acceptors (Lipinski definition) is 5. The second-order valence-corrected chi connectivity index (χ2v) is 5.49. The molecule has 1 aliphatic carbocycles. The minimum Gasteiger partial charge on any atom is -0.481 e. The number of carbonyl (C=O) groups excluding carboxylic acids is 2. The van der Waals surface area contributed by atoms with Crippen LogP contribution in [0.1, 0.15) is 36.7 Å². The molecule has 0 bridgehead atoms. The summed E-state index contributed by atoms with van der Waals surface area (Å²) in [5, 5.41) is 13.5. The van der Waals surface area contributed by atoms with Gasteiger partial charge >= 0.3 is 5.97 Å². The van der Waals surface area contributed by atoms with E-state index in [4.69, 9.17) is 5.11 Å². The van der Waals surface area contributed by atoms with Crippen LogP contribution in [0.5, 0.6) is 0 Å². The van der Waals surface area contributed by atoms with Crippen LogP contribution in [0.3, 0.4) is 0 Å².